The van der Waals surface area contributed by atoms with E-state index in [4.69, 9.17) is 4.74 Å². The molecule has 0 unspecified atom stereocenters. The van der Waals surface area contributed by atoms with E-state index in [0.717, 1.165) is 12.8 Å². The summed E-state index contributed by atoms with van der Waals surface area (Å²) in [4.78, 5) is 14.1. The zero-order valence-corrected chi connectivity index (χ0v) is 15.0. The Morgan fingerprint density at radius 1 is 1.17 bits per heavy atom. The lowest BCUT2D eigenvalue weighted by molar-refractivity contribution is -0.132. The second-order valence-corrected chi connectivity index (χ2v) is 8.49. The van der Waals surface area contributed by atoms with Crippen molar-refractivity contribution in [1.29, 1.82) is 0 Å². The number of amides is 1. The Labute approximate surface area is 143 Å². The molecular weight excluding hydrogens is 328 g/mol. The summed E-state index contributed by atoms with van der Waals surface area (Å²) in [5.74, 6) is 1.02. The first-order valence-electron chi connectivity index (χ1n) is 8.33. The fraction of sp³-hybridized carbons (Fsp3) is 0.588. The average Bonchev–Trinajstić information content (AvgIpc) is 2.74. The van der Waals surface area contributed by atoms with E-state index in [9.17, 15) is 13.2 Å². The summed E-state index contributed by atoms with van der Waals surface area (Å²) in [5, 5.41) is 0. The summed E-state index contributed by atoms with van der Waals surface area (Å²) in [6, 6.07) is 6.66. The third-order valence-corrected chi connectivity index (χ3v) is 7.09. The van der Waals surface area contributed by atoms with Gasteiger partial charge >= 0.3 is 0 Å². The van der Waals surface area contributed by atoms with Crippen LogP contribution in [0.1, 0.15) is 25.7 Å². The van der Waals surface area contributed by atoms with Gasteiger partial charge in [0, 0.05) is 32.6 Å². The molecule has 2 atom stereocenters. The summed E-state index contributed by atoms with van der Waals surface area (Å²) in [6.45, 7) is 0.934. The number of piperidine rings is 1. The second-order valence-electron chi connectivity index (χ2n) is 6.55. The van der Waals surface area contributed by atoms with Gasteiger partial charge in [-0.05, 0) is 49.4 Å². The smallest absolute Gasteiger partial charge is 0.243 e. The largest absolute Gasteiger partial charge is 0.497 e. The molecule has 0 bridgehead atoms. The minimum absolute atomic E-state index is 0.155. The van der Waals surface area contributed by atoms with Crippen molar-refractivity contribution >= 4 is 15.9 Å². The van der Waals surface area contributed by atoms with Crippen molar-refractivity contribution in [2.75, 3.05) is 27.2 Å². The van der Waals surface area contributed by atoms with Gasteiger partial charge in [-0.25, -0.2) is 8.42 Å². The van der Waals surface area contributed by atoms with Gasteiger partial charge in [0.05, 0.1) is 12.0 Å². The normalized spacial score (nSPS) is 25.9. The molecule has 0 radical (unpaired) electrons. The predicted octanol–water partition coefficient (Wildman–Crippen LogP) is 1.72. The van der Waals surface area contributed by atoms with Crippen LogP contribution in [-0.4, -0.2) is 56.8 Å². The number of carbonyl (C=O) groups excluding carboxylic acids is 1. The van der Waals surface area contributed by atoms with Gasteiger partial charge in [-0.2, -0.15) is 4.31 Å². The van der Waals surface area contributed by atoms with Gasteiger partial charge < -0.3 is 9.64 Å². The Kier molecular flexibility index (Phi) is 4.83. The fourth-order valence-corrected chi connectivity index (χ4v) is 5.28. The monoisotopic (exact) mass is 352 g/mol. The third kappa shape index (κ3) is 3.15. The predicted molar refractivity (Wildman–Crippen MR) is 90.3 cm³/mol. The van der Waals surface area contributed by atoms with Gasteiger partial charge in [0.2, 0.25) is 15.9 Å². The first kappa shape index (κ1) is 17.2. The van der Waals surface area contributed by atoms with E-state index >= 15 is 0 Å². The van der Waals surface area contributed by atoms with Gasteiger partial charge in [-0.3, -0.25) is 4.79 Å². The number of carbonyl (C=O) groups is 1. The SMILES string of the molecule is COc1ccc(S(=O)(=O)N2CC[C@@H]3[C@@H](CCCC(=O)N3C)C2)cc1. The maximum Gasteiger partial charge on any atom is 0.243 e. The molecule has 0 aromatic heterocycles. The van der Waals surface area contributed by atoms with Crippen LogP contribution in [0.15, 0.2) is 29.2 Å². The Morgan fingerprint density at radius 2 is 1.88 bits per heavy atom. The molecule has 132 valence electrons. The van der Waals surface area contributed by atoms with Crippen LogP contribution in [0.3, 0.4) is 0 Å². The summed E-state index contributed by atoms with van der Waals surface area (Å²) in [7, 11) is -0.106. The quantitative estimate of drug-likeness (QED) is 0.831. The zero-order valence-electron chi connectivity index (χ0n) is 14.1. The molecule has 1 amide bonds. The van der Waals surface area contributed by atoms with Crippen LogP contribution in [0.5, 0.6) is 5.75 Å². The van der Waals surface area contributed by atoms with Gasteiger partial charge in [-0.1, -0.05) is 0 Å². The van der Waals surface area contributed by atoms with Crippen LogP contribution in [0.2, 0.25) is 0 Å². The number of fused-ring (bicyclic) bond motifs is 1. The molecule has 3 rings (SSSR count). The van der Waals surface area contributed by atoms with Gasteiger partial charge in [-0.15, -0.1) is 0 Å². The molecular formula is C17H24N2O4S. The highest BCUT2D eigenvalue weighted by atomic mass is 32.2. The first-order chi connectivity index (χ1) is 11.4. The highest BCUT2D eigenvalue weighted by Crippen LogP contribution is 2.32. The molecule has 1 aromatic carbocycles. The average molecular weight is 352 g/mol. The Bertz CT molecular complexity index is 702. The molecule has 24 heavy (non-hydrogen) atoms. The number of benzene rings is 1. The first-order valence-corrected chi connectivity index (χ1v) is 9.77. The minimum Gasteiger partial charge on any atom is -0.497 e. The molecule has 0 aliphatic carbocycles. The Hall–Kier alpha value is -1.60. The van der Waals surface area contributed by atoms with Gasteiger partial charge in [0.15, 0.2) is 0 Å². The van der Waals surface area contributed by atoms with Gasteiger partial charge in [0.25, 0.3) is 0 Å². The molecule has 6 nitrogen and oxygen atoms in total. The van der Waals surface area contributed by atoms with E-state index in [1.807, 2.05) is 11.9 Å². The molecule has 0 N–H and O–H groups in total. The van der Waals surface area contributed by atoms with Crippen molar-refractivity contribution in [3.8, 4) is 5.75 Å². The van der Waals surface area contributed by atoms with E-state index < -0.39 is 10.0 Å². The van der Waals surface area contributed by atoms with Crippen LogP contribution in [0.25, 0.3) is 0 Å². The molecule has 2 aliphatic rings. The zero-order chi connectivity index (χ0) is 17.3. The Morgan fingerprint density at radius 3 is 2.54 bits per heavy atom. The van der Waals surface area contributed by atoms with Crippen molar-refractivity contribution in [1.82, 2.24) is 9.21 Å². The highest BCUT2D eigenvalue weighted by molar-refractivity contribution is 7.89. The number of sulfonamides is 1. The standard InChI is InChI=1S/C17H24N2O4S/c1-18-16-10-11-19(12-13(16)4-3-5-17(18)20)24(21,22)15-8-6-14(23-2)7-9-15/h6-9,13,16H,3-5,10-12H2,1-2H3/t13-,16+/m0/s1. The molecule has 2 heterocycles. The second kappa shape index (κ2) is 6.72. The van der Waals surface area contributed by atoms with Crippen LogP contribution in [0.4, 0.5) is 0 Å². The van der Waals surface area contributed by atoms with Crippen LogP contribution in [-0.2, 0) is 14.8 Å². The van der Waals surface area contributed by atoms with Crippen LogP contribution >= 0.6 is 0 Å². The maximum absolute atomic E-state index is 12.9. The number of hydrogen-bond donors (Lipinski definition) is 0. The number of likely N-dealkylation sites (tertiary alicyclic amines) is 1. The molecule has 0 spiro atoms. The number of rotatable bonds is 3. The van der Waals surface area contributed by atoms with E-state index in [1.165, 1.54) is 0 Å². The van der Waals surface area contributed by atoms with E-state index in [1.54, 1.807) is 35.7 Å². The summed E-state index contributed by atoms with van der Waals surface area (Å²) >= 11 is 0. The Balaban J connectivity index is 1.79. The molecule has 2 aliphatic heterocycles. The van der Waals surface area contributed by atoms with Crippen molar-refractivity contribution in [3.05, 3.63) is 24.3 Å². The van der Waals surface area contributed by atoms with Crippen LogP contribution < -0.4 is 4.74 Å². The number of nitrogens with zero attached hydrogens (tertiary/aromatic N) is 2. The third-order valence-electron chi connectivity index (χ3n) is 5.21. The molecule has 1 aromatic rings. The highest BCUT2D eigenvalue weighted by Gasteiger charge is 2.39. The molecule has 7 heteroatoms. The van der Waals surface area contributed by atoms with Gasteiger partial charge in [0.1, 0.15) is 5.75 Å². The summed E-state index contributed by atoms with van der Waals surface area (Å²) < 4.78 is 32.5. The van der Waals surface area contributed by atoms with Crippen molar-refractivity contribution in [3.63, 3.8) is 0 Å². The van der Waals surface area contributed by atoms with Crippen LogP contribution in [0, 0.1) is 5.92 Å². The number of ether oxygens (including phenoxy) is 1. The van der Waals surface area contributed by atoms with E-state index in [2.05, 4.69) is 0 Å². The number of hydrogen-bond acceptors (Lipinski definition) is 4. The maximum atomic E-state index is 12.9. The fourth-order valence-electron chi connectivity index (χ4n) is 3.77. The topological polar surface area (TPSA) is 66.9 Å². The van der Waals surface area contributed by atoms with E-state index in [0.29, 0.717) is 36.6 Å². The lowest BCUT2D eigenvalue weighted by atomic mass is 9.89. The van der Waals surface area contributed by atoms with Crippen molar-refractivity contribution in [2.24, 2.45) is 5.92 Å². The lowest BCUT2D eigenvalue weighted by Gasteiger charge is -2.40. The van der Waals surface area contributed by atoms with Crippen molar-refractivity contribution < 1.29 is 17.9 Å². The number of methoxy groups -OCH3 is 1. The van der Waals surface area contributed by atoms with Crippen molar-refractivity contribution in [2.45, 2.75) is 36.6 Å². The summed E-state index contributed by atoms with van der Waals surface area (Å²) in [6.07, 6.45) is 2.99. The molecule has 2 saturated heterocycles. The minimum atomic E-state index is -3.51. The molecule has 2 fully saturated rings. The lowest BCUT2D eigenvalue weighted by Crippen LogP contribution is -2.51. The van der Waals surface area contributed by atoms with E-state index in [-0.39, 0.29) is 17.9 Å². The molecule has 0 saturated carbocycles. The summed E-state index contributed by atoms with van der Waals surface area (Å²) in [5.41, 5.74) is 0.